The number of imidazole rings is 1. The van der Waals surface area contributed by atoms with Gasteiger partial charge in [0.1, 0.15) is 5.82 Å². The number of hydrogen-bond acceptors (Lipinski definition) is 3. The third-order valence-corrected chi connectivity index (χ3v) is 5.67. The third kappa shape index (κ3) is 4.43. The van der Waals surface area contributed by atoms with E-state index in [1.807, 2.05) is 0 Å². The normalized spacial score (nSPS) is 15.2. The number of H-pyrrole nitrogens is 1. The van der Waals surface area contributed by atoms with Crippen molar-refractivity contribution in [3.63, 3.8) is 0 Å². The van der Waals surface area contributed by atoms with Crippen LogP contribution in [0, 0.1) is 0 Å². The number of halogens is 4. The van der Waals surface area contributed by atoms with Crippen molar-refractivity contribution in [3.8, 4) is 0 Å². The van der Waals surface area contributed by atoms with Crippen molar-refractivity contribution in [2.75, 3.05) is 13.1 Å². The van der Waals surface area contributed by atoms with Gasteiger partial charge in [-0.3, -0.25) is 9.59 Å². The Bertz CT molecular complexity index is 1190. The highest BCUT2D eigenvalue weighted by molar-refractivity contribution is 6.31. The van der Waals surface area contributed by atoms with Crippen molar-refractivity contribution in [2.45, 2.75) is 32.0 Å². The molecule has 0 bridgehead atoms. The predicted octanol–water partition coefficient (Wildman–Crippen LogP) is 4.96. The fourth-order valence-electron chi connectivity index (χ4n) is 3.75. The fraction of sp³-hybridized carbons (Fsp3) is 0.318. The van der Waals surface area contributed by atoms with Crippen molar-refractivity contribution in [3.05, 3.63) is 63.9 Å². The number of aromatic amines is 1. The molecule has 1 saturated heterocycles. The summed E-state index contributed by atoms with van der Waals surface area (Å²) in [5, 5.41) is 3.15. The van der Waals surface area contributed by atoms with Gasteiger partial charge in [0.05, 0.1) is 28.2 Å². The second-order valence-electron chi connectivity index (χ2n) is 7.74. The van der Waals surface area contributed by atoms with E-state index in [4.69, 9.17) is 11.6 Å². The second kappa shape index (κ2) is 8.46. The van der Waals surface area contributed by atoms with Crippen LogP contribution in [0.15, 0.2) is 36.4 Å². The van der Waals surface area contributed by atoms with Crippen LogP contribution in [-0.4, -0.2) is 39.8 Å². The van der Waals surface area contributed by atoms with Gasteiger partial charge in [-0.05, 0) is 56.2 Å². The number of nitrogens with zero attached hydrogens (tertiary/aromatic N) is 2. The number of hydrogen-bond donors (Lipinski definition) is 2. The Morgan fingerprint density at radius 1 is 1.16 bits per heavy atom. The summed E-state index contributed by atoms with van der Waals surface area (Å²) in [4.78, 5) is 34.1. The molecule has 4 rings (SSSR count). The first kappa shape index (κ1) is 22.1. The zero-order valence-corrected chi connectivity index (χ0v) is 17.8. The number of benzene rings is 2. The van der Waals surface area contributed by atoms with E-state index < -0.39 is 35.2 Å². The number of aromatic nitrogens is 2. The van der Waals surface area contributed by atoms with E-state index in [1.54, 1.807) is 25.1 Å². The smallest absolute Gasteiger partial charge is 0.342 e. The third-order valence-electron chi connectivity index (χ3n) is 5.43. The zero-order valence-electron chi connectivity index (χ0n) is 17.1. The molecule has 1 unspecified atom stereocenters. The Kier molecular flexibility index (Phi) is 5.85. The molecule has 2 heterocycles. The number of fused-ring (bicyclic) bond motifs is 1. The van der Waals surface area contributed by atoms with E-state index in [2.05, 4.69) is 15.3 Å². The molecule has 168 valence electrons. The average Bonchev–Trinajstić information content (AvgIpc) is 3.41. The molecule has 2 N–H and O–H groups in total. The summed E-state index contributed by atoms with van der Waals surface area (Å²) in [6.45, 7) is 2.52. The molecule has 6 nitrogen and oxygen atoms in total. The lowest BCUT2D eigenvalue weighted by molar-refractivity contribution is -0.138. The van der Waals surface area contributed by atoms with Crippen LogP contribution in [0.3, 0.4) is 0 Å². The molecule has 3 aromatic rings. The molecular weight excluding hydrogens is 445 g/mol. The largest absolute Gasteiger partial charge is 0.417 e. The first-order valence-electron chi connectivity index (χ1n) is 10.1. The Morgan fingerprint density at radius 2 is 1.88 bits per heavy atom. The lowest BCUT2D eigenvalue weighted by Gasteiger charge is -2.20. The van der Waals surface area contributed by atoms with Crippen molar-refractivity contribution in [1.29, 1.82) is 0 Å². The lowest BCUT2D eigenvalue weighted by atomic mass is 10.0. The van der Waals surface area contributed by atoms with Crippen molar-refractivity contribution in [2.24, 2.45) is 0 Å². The molecule has 0 saturated carbocycles. The van der Waals surface area contributed by atoms with Crippen molar-refractivity contribution < 1.29 is 22.8 Å². The highest BCUT2D eigenvalue weighted by Gasteiger charge is 2.37. The van der Waals surface area contributed by atoms with E-state index in [0.717, 1.165) is 30.5 Å². The molecule has 1 aliphatic rings. The van der Waals surface area contributed by atoms with Crippen molar-refractivity contribution in [1.82, 2.24) is 20.2 Å². The van der Waals surface area contributed by atoms with E-state index in [-0.39, 0.29) is 5.56 Å². The van der Waals surface area contributed by atoms with Crippen molar-refractivity contribution >= 4 is 34.4 Å². The highest BCUT2D eigenvalue weighted by Crippen LogP contribution is 2.34. The van der Waals surface area contributed by atoms with Crippen LogP contribution in [0.5, 0.6) is 0 Å². The van der Waals surface area contributed by atoms with E-state index in [1.165, 1.54) is 11.0 Å². The minimum Gasteiger partial charge on any atom is -0.342 e. The topological polar surface area (TPSA) is 78.1 Å². The fourth-order valence-corrected chi connectivity index (χ4v) is 3.92. The van der Waals surface area contributed by atoms with Gasteiger partial charge in [-0.15, -0.1) is 0 Å². The molecule has 1 aliphatic heterocycles. The lowest BCUT2D eigenvalue weighted by Crippen LogP contribution is -2.31. The molecule has 32 heavy (non-hydrogen) atoms. The number of likely N-dealkylation sites (tertiary alicyclic amines) is 1. The van der Waals surface area contributed by atoms with Gasteiger partial charge in [-0.1, -0.05) is 11.6 Å². The monoisotopic (exact) mass is 464 g/mol. The van der Waals surface area contributed by atoms with Gasteiger partial charge >= 0.3 is 6.18 Å². The number of carbonyl (C=O) groups is 2. The molecular formula is C22H20ClF3N4O2. The minimum absolute atomic E-state index is 0.193. The first-order chi connectivity index (χ1) is 15.1. The average molecular weight is 465 g/mol. The molecule has 1 fully saturated rings. The number of amides is 2. The first-order valence-corrected chi connectivity index (χ1v) is 10.5. The maximum absolute atomic E-state index is 13.7. The van der Waals surface area contributed by atoms with Crippen LogP contribution in [0.4, 0.5) is 13.2 Å². The number of rotatable bonds is 4. The predicted molar refractivity (Wildman–Crippen MR) is 114 cm³/mol. The summed E-state index contributed by atoms with van der Waals surface area (Å²) in [6.07, 6.45) is -3.25. The minimum atomic E-state index is -4.77. The summed E-state index contributed by atoms with van der Waals surface area (Å²) in [5.41, 5.74) is -0.431. The molecule has 1 aromatic heterocycles. The van der Waals surface area contributed by atoms with Crippen LogP contribution in [0.1, 0.15) is 57.9 Å². The number of carbonyl (C=O) groups excluding carboxylic acids is 2. The molecule has 10 heteroatoms. The summed E-state index contributed by atoms with van der Waals surface area (Å²) in [5.74, 6) is -0.940. The van der Waals surface area contributed by atoms with E-state index in [9.17, 15) is 22.8 Å². The zero-order chi connectivity index (χ0) is 23.0. The van der Waals surface area contributed by atoms with E-state index in [0.29, 0.717) is 29.5 Å². The molecule has 0 radical (unpaired) electrons. The summed E-state index contributed by atoms with van der Waals surface area (Å²) >= 11 is 5.96. The van der Waals surface area contributed by atoms with Gasteiger partial charge in [0.15, 0.2) is 0 Å². The van der Waals surface area contributed by atoms with Gasteiger partial charge in [-0.25, -0.2) is 4.98 Å². The summed E-state index contributed by atoms with van der Waals surface area (Å²) in [6, 6.07) is 7.54. The molecule has 2 aromatic carbocycles. The van der Waals surface area contributed by atoms with Gasteiger partial charge in [-0.2, -0.15) is 13.2 Å². The second-order valence-corrected chi connectivity index (χ2v) is 8.17. The van der Waals surface area contributed by atoms with Gasteiger partial charge in [0, 0.05) is 23.7 Å². The van der Waals surface area contributed by atoms with E-state index >= 15 is 0 Å². The SMILES string of the molecule is CC(NC(=O)c1ccc(C(=O)N2CCCC2)c(C(F)(F)F)c1)c1nc2cc(Cl)ccc2[nH]1. The Balaban J connectivity index is 1.57. The summed E-state index contributed by atoms with van der Waals surface area (Å²) < 4.78 is 41.1. The van der Waals surface area contributed by atoms with Crippen LogP contribution in [0.25, 0.3) is 11.0 Å². The maximum atomic E-state index is 13.7. The standard InChI is InChI=1S/C22H20ClF3N4O2/c1-12(19-28-17-7-5-14(23)11-18(17)29-19)27-20(31)13-4-6-15(16(10-13)22(24,25)26)21(32)30-8-2-3-9-30/h4-7,10-12H,2-3,8-9H2,1H3,(H,27,31)(H,28,29). The van der Waals surface area contributed by atoms with Gasteiger partial charge in [0.25, 0.3) is 11.8 Å². The van der Waals surface area contributed by atoms with Crippen LogP contribution < -0.4 is 5.32 Å². The molecule has 2 amide bonds. The quantitative estimate of drug-likeness (QED) is 0.572. The molecule has 0 spiro atoms. The van der Waals surface area contributed by atoms with Crippen LogP contribution in [-0.2, 0) is 6.18 Å². The molecule has 0 aliphatic carbocycles. The van der Waals surface area contributed by atoms with Crippen LogP contribution in [0.2, 0.25) is 5.02 Å². The van der Waals surface area contributed by atoms with Gasteiger partial charge < -0.3 is 15.2 Å². The number of alkyl halides is 3. The Morgan fingerprint density at radius 3 is 2.56 bits per heavy atom. The Hall–Kier alpha value is -3.07. The maximum Gasteiger partial charge on any atom is 0.417 e. The highest BCUT2D eigenvalue weighted by atomic mass is 35.5. The van der Waals surface area contributed by atoms with Crippen LogP contribution >= 0.6 is 11.6 Å². The number of nitrogens with one attached hydrogen (secondary N) is 2. The summed E-state index contributed by atoms with van der Waals surface area (Å²) in [7, 11) is 0. The molecule has 1 atom stereocenters. The van der Waals surface area contributed by atoms with Gasteiger partial charge in [0.2, 0.25) is 0 Å². The Labute approximate surface area is 186 Å².